The van der Waals surface area contributed by atoms with Crippen LogP contribution in [0.1, 0.15) is 194 Å². The number of ether oxygens (including phenoxy) is 2. The molecule has 56 heavy (non-hydrogen) atoms. The van der Waals surface area contributed by atoms with Crippen LogP contribution in [0.15, 0.2) is 36.5 Å². The molecule has 0 saturated carbocycles. The van der Waals surface area contributed by atoms with Crippen molar-refractivity contribution in [1.29, 1.82) is 0 Å². The maximum atomic E-state index is 12.7. The highest BCUT2D eigenvalue weighted by molar-refractivity contribution is 7.47. The fourth-order valence-electron chi connectivity index (χ4n) is 6.04. The Labute approximate surface area is 344 Å². The number of likely N-dealkylation sites (N-methyl/N-ethyl adjacent to an activating group) is 1. The number of phosphoric ester groups is 1. The minimum Gasteiger partial charge on any atom is -0.462 e. The number of rotatable bonds is 41. The van der Waals surface area contributed by atoms with E-state index < -0.39 is 26.5 Å². The van der Waals surface area contributed by atoms with Crippen LogP contribution in [0.3, 0.4) is 0 Å². The number of phosphoric acid groups is 1. The molecule has 0 aliphatic rings. The Kier molecular flexibility index (Phi) is 37.5. The van der Waals surface area contributed by atoms with Crippen molar-refractivity contribution in [2.75, 3.05) is 47.5 Å². The van der Waals surface area contributed by atoms with Crippen molar-refractivity contribution in [2.45, 2.75) is 200 Å². The molecule has 0 radical (unpaired) electrons. The smallest absolute Gasteiger partial charge is 0.462 e. The molecule has 0 fully saturated rings. The lowest BCUT2D eigenvalue weighted by Gasteiger charge is -2.24. The Morgan fingerprint density at radius 3 is 1.46 bits per heavy atom. The zero-order valence-corrected chi connectivity index (χ0v) is 37.8. The number of allylic oxidation sites excluding steroid dienone is 6. The molecule has 1 unspecified atom stereocenters. The number of carbonyl (C=O) groups is 2. The summed E-state index contributed by atoms with van der Waals surface area (Å²) in [6, 6.07) is 0. The number of hydrogen-bond donors (Lipinski definition) is 1. The first-order chi connectivity index (χ1) is 27.0. The molecule has 0 aliphatic heterocycles. The van der Waals surface area contributed by atoms with Crippen LogP contribution in [-0.4, -0.2) is 74.9 Å². The maximum Gasteiger partial charge on any atom is 0.472 e. The standard InChI is InChI=1S/C46H86NO8P/c1-6-8-10-12-14-16-18-20-22-23-25-26-28-30-32-34-36-38-45(48)52-42-44(43-54-56(50,51)53-41-40-47(3,4)5)55-46(49)39-37-35-33-31-29-27-24-21-19-17-15-13-11-9-7-2/h15,17,20-22,24,44H,6-14,16,18-19,23,25-43H2,1-5H3/p+1/b17-15+,22-20+,24-21+/t44-/m1/s1. The van der Waals surface area contributed by atoms with Crippen LogP contribution in [0.4, 0.5) is 0 Å². The predicted octanol–water partition coefficient (Wildman–Crippen LogP) is 12.9. The first kappa shape index (κ1) is 54.2. The van der Waals surface area contributed by atoms with Gasteiger partial charge in [0.2, 0.25) is 0 Å². The lowest BCUT2D eigenvalue weighted by molar-refractivity contribution is -0.870. The average molecular weight is 813 g/mol. The van der Waals surface area contributed by atoms with E-state index in [0.29, 0.717) is 17.4 Å². The summed E-state index contributed by atoms with van der Waals surface area (Å²) in [5.74, 6) is -0.817. The van der Waals surface area contributed by atoms with Crippen LogP contribution in [-0.2, 0) is 32.7 Å². The average Bonchev–Trinajstić information content (AvgIpc) is 3.15. The van der Waals surface area contributed by atoms with E-state index in [4.69, 9.17) is 18.5 Å². The van der Waals surface area contributed by atoms with E-state index in [9.17, 15) is 19.0 Å². The third-order valence-electron chi connectivity index (χ3n) is 9.64. The summed E-state index contributed by atoms with van der Waals surface area (Å²) < 4.78 is 34.3. The summed E-state index contributed by atoms with van der Waals surface area (Å²) in [7, 11) is 1.46. The number of carbonyl (C=O) groups excluding carboxylic acids is 2. The van der Waals surface area contributed by atoms with Gasteiger partial charge in [-0.3, -0.25) is 18.6 Å². The van der Waals surface area contributed by atoms with Gasteiger partial charge in [0.15, 0.2) is 6.10 Å². The molecule has 328 valence electrons. The molecule has 10 heteroatoms. The van der Waals surface area contributed by atoms with Gasteiger partial charge in [-0.15, -0.1) is 0 Å². The molecule has 0 spiro atoms. The molecule has 0 rings (SSSR count). The van der Waals surface area contributed by atoms with E-state index in [1.807, 2.05) is 21.1 Å². The van der Waals surface area contributed by atoms with Crippen LogP contribution < -0.4 is 0 Å². The van der Waals surface area contributed by atoms with E-state index >= 15 is 0 Å². The second kappa shape index (κ2) is 38.7. The highest BCUT2D eigenvalue weighted by Gasteiger charge is 2.27. The minimum absolute atomic E-state index is 0.0280. The summed E-state index contributed by atoms with van der Waals surface area (Å²) in [5, 5.41) is 0. The van der Waals surface area contributed by atoms with Crippen LogP contribution in [0.25, 0.3) is 0 Å². The minimum atomic E-state index is -4.38. The van der Waals surface area contributed by atoms with Crippen molar-refractivity contribution < 1.29 is 42.1 Å². The van der Waals surface area contributed by atoms with Gasteiger partial charge >= 0.3 is 19.8 Å². The molecule has 0 saturated heterocycles. The van der Waals surface area contributed by atoms with Gasteiger partial charge in [0, 0.05) is 12.8 Å². The highest BCUT2D eigenvalue weighted by Crippen LogP contribution is 2.43. The largest absolute Gasteiger partial charge is 0.472 e. The zero-order chi connectivity index (χ0) is 41.4. The first-order valence-electron chi connectivity index (χ1n) is 22.7. The Morgan fingerprint density at radius 2 is 0.964 bits per heavy atom. The van der Waals surface area contributed by atoms with Crippen molar-refractivity contribution in [3.63, 3.8) is 0 Å². The van der Waals surface area contributed by atoms with Crippen molar-refractivity contribution in [3.8, 4) is 0 Å². The SMILES string of the molecule is CCCCC/C=C/C/C=C/CCCCCCCC(=O)O[C@H](COC(=O)CCCCCCCCC/C=C/CCCCCCCC)COP(=O)(O)OCC[N+](C)(C)C. The van der Waals surface area contributed by atoms with Crippen molar-refractivity contribution in [3.05, 3.63) is 36.5 Å². The van der Waals surface area contributed by atoms with E-state index in [1.165, 1.54) is 103 Å². The third-order valence-corrected chi connectivity index (χ3v) is 10.6. The molecule has 9 nitrogen and oxygen atoms in total. The Morgan fingerprint density at radius 1 is 0.554 bits per heavy atom. The number of quaternary nitrogens is 1. The molecular formula is C46H87NO8P+. The normalized spacial score (nSPS) is 13.9. The van der Waals surface area contributed by atoms with Gasteiger partial charge in [0.25, 0.3) is 0 Å². The Hall–Kier alpha value is -1.77. The number of unbranched alkanes of at least 4 members (excludes halogenated alkanes) is 21. The zero-order valence-electron chi connectivity index (χ0n) is 36.9. The van der Waals surface area contributed by atoms with Crippen LogP contribution >= 0.6 is 7.82 Å². The molecule has 0 bridgehead atoms. The first-order valence-corrected chi connectivity index (χ1v) is 24.2. The number of nitrogens with zero attached hydrogens (tertiary/aromatic N) is 1. The van der Waals surface area contributed by atoms with Crippen molar-refractivity contribution in [1.82, 2.24) is 0 Å². The van der Waals surface area contributed by atoms with E-state index in [1.54, 1.807) is 0 Å². The molecule has 0 aromatic heterocycles. The van der Waals surface area contributed by atoms with Gasteiger partial charge in [-0.25, -0.2) is 4.57 Å². The van der Waals surface area contributed by atoms with Crippen molar-refractivity contribution in [2.24, 2.45) is 0 Å². The molecular weight excluding hydrogens is 725 g/mol. The molecule has 2 atom stereocenters. The van der Waals surface area contributed by atoms with Gasteiger partial charge in [-0.1, -0.05) is 147 Å². The number of esters is 2. The lowest BCUT2D eigenvalue weighted by atomic mass is 10.1. The molecule has 0 aromatic carbocycles. The topological polar surface area (TPSA) is 108 Å². The number of hydrogen-bond acceptors (Lipinski definition) is 7. The van der Waals surface area contributed by atoms with Gasteiger partial charge in [-0.2, -0.15) is 0 Å². The summed E-state index contributed by atoms with van der Waals surface area (Å²) in [4.78, 5) is 35.4. The van der Waals surface area contributed by atoms with Crippen molar-refractivity contribution >= 4 is 19.8 Å². The fraction of sp³-hybridized carbons (Fsp3) is 0.826. The second-order valence-electron chi connectivity index (χ2n) is 16.4. The molecule has 0 aromatic rings. The Bertz CT molecular complexity index is 1050. The second-order valence-corrected chi connectivity index (χ2v) is 17.9. The summed E-state index contributed by atoms with van der Waals surface area (Å²) >= 11 is 0. The predicted molar refractivity (Wildman–Crippen MR) is 234 cm³/mol. The third kappa shape index (κ3) is 41.9. The molecule has 0 aliphatic carbocycles. The van der Waals surface area contributed by atoms with Gasteiger partial charge in [0.05, 0.1) is 27.7 Å². The maximum absolute atomic E-state index is 12.7. The fourth-order valence-corrected chi connectivity index (χ4v) is 6.78. The van der Waals surface area contributed by atoms with Gasteiger partial charge < -0.3 is 18.9 Å². The Balaban J connectivity index is 4.36. The van der Waals surface area contributed by atoms with E-state index in [0.717, 1.165) is 57.8 Å². The van der Waals surface area contributed by atoms with Gasteiger partial charge in [-0.05, 0) is 70.6 Å². The van der Waals surface area contributed by atoms with Crippen LogP contribution in [0.5, 0.6) is 0 Å². The monoisotopic (exact) mass is 813 g/mol. The van der Waals surface area contributed by atoms with E-state index in [-0.39, 0.29) is 32.0 Å². The molecule has 1 N–H and O–H groups in total. The van der Waals surface area contributed by atoms with Crippen LogP contribution in [0, 0.1) is 0 Å². The molecule has 0 amide bonds. The van der Waals surface area contributed by atoms with Gasteiger partial charge in [0.1, 0.15) is 19.8 Å². The van der Waals surface area contributed by atoms with E-state index in [2.05, 4.69) is 50.3 Å². The lowest BCUT2D eigenvalue weighted by Crippen LogP contribution is -2.37. The summed E-state index contributed by atoms with van der Waals surface area (Å²) in [6.07, 6.45) is 43.3. The van der Waals surface area contributed by atoms with Crippen LogP contribution in [0.2, 0.25) is 0 Å². The summed E-state index contributed by atoms with van der Waals surface area (Å²) in [6.45, 7) is 4.37. The quantitative estimate of drug-likeness (QED) is 0.0214. The molecule has 0 heterocycles. The summed E-state index contributed by atoms with van der Waals surface area (Å²) in [5.41, 5.74) is 0. The highest BCUT2D eigenvalue weighted by atomic mass is 31.2.